The number of benzene rings is 1. The molecule has 4 N–H and O–H groups in total. The smallest absolute Gasteiger partial charge is 0.429 e. The van der Waals surface area contributed by atoms with Crippen LogP contribution in [0.1, 0.15) is 45.1 Å². The minimum absolute atomic E-state index is 0.141. The lowest BCUT2D eigenvalue weighted by molar-refractivity contribution is -0.191. The lowest BCUT2D eigenvalue weighted by Crippen LogP contribution is -2.66. The van der Waals surface area contributed by atoms with E-state index in [1.807, 2.05) is 0 Å². The van der Waals surface area contributed by atoms with Gasteiger partial charge in [-0.25, -0.2) is 9.18 Å². The van der Waals surface area contributed by atoms with Gasteiger partial charge in [-0.15, -0.1) is 0 Å². The van der Waals surface area contributed by atoms with Crippen molar-refractivity contribution >= 4 is 30.3 Å². The first-order valence-electron chi connectivity index (χ1n) is 13.6. The highest BCUT2D eigenvalue weighted by Crippen LogP contribution is 2.66. The molecule has 0 unspecified atom stereocenters. The van der Waals surface area contributed by atoms with Gasteiger partial charge in [-0.1, -0.05) is 42.8 Å². The molecule has 3 fully saturated rings. The van der Waals surface area contributed by atoms with Crippen LogP contribution in [0.3, 0.4) is 0 Å². The van der Waals surface area contributed by atoms with Gasteiger partial charge in [-0.3, -0.25) is 9.59 Å². The van der Waals surface area contributed by atoms with Crippen LogP contribution in [-0.4, -0.2) is 69.1 Å². The maximum atomic E-state index is 17.1. The summed E-state index contributed by atoms with van der Waals surface area (Å²) in [5.74, 6) is -3.22. The summed E-state index contributed by atoms with van der Waals surface area (Å²) in [7, 11) is -1.62. The fraction of sp³-hybridized carbons (Fsp3) is 0.552. The quantitative estimate of drug-likeness (QED) is 0.302. The van der Waals surface area contributed by atoms with Crippen molar-refractivity contribution in [3.8, 4) is 0 Å². The van der Waals surface area contributed by atoms with Crippen LogP contribution in [0.4, 0.5) is 9.18 Å². The summed E-state index contributed by atoms with van der Waals surface area (Å²) < 4.78 is 27.1. The second-order valence-electron chi connectivity index (χ2n) is 11.9. The molecule has 8 atom stereocenters. The van der Waals surface area contributed by atoms with Gasteiger partial charge < -0.3 is 29.7 Å². The van der Waals surface area contributed by atoms with Crippen molar-refractivity contribution in [3.05, 3.63) is 53.6 Å². The monoisotopic (exact) mass is 556 g/mol. The average molecular weight is 556 g/mol. The van der Waals surface area contributed by atoms with Gasteiger partial charge in [0.15, 0.2) is 18.1 Å². The number of rotatable bonds is 6. The van der Waals surface area contributed by atoms with Crippen molar-refractivity contribution in [2.45, 2.75) is 63.5 Å². The molecular formula is C29H34BFO9. The third kappa shape index (κ3) is 4.34. The third-order valence-corrected chi connectivity index (χ3v) is 9.97. The van der Waals surface area contributed by atoms with Gasteiger partial charge in [-0.2, -0.15) is 0 Å². The molecule has 4 aliphatic carbocycles. The SMILES string of the molecule is C[C@@H]1C[C@@H]2[C@H](C[C@H](O)[C@@]3(F)[C@H]2CCC2=CC(=O)C=C[C@@]23C)[C@@]1(O)C(=O)COC(=O)OCc1ccc(B(O)O)cc1. The molecule has 214 valence electrons. The summed E-state index contributed by atoms with van der Waals surface area (Å²) in [5, 5.41) is 41.3. The average Bonchev–Trinajstić information content (AvgIpc) is 3.17. The number of hydrogen-bond donors (Lipinski definition) is 4. The Balaban J connectivity index is 1.26. The van der Waals surface area contributed by atoms with Crippen molar-refractivity contribution < 1.29 is 48.5 Å². The standard InChI is InChI=1S/C29H34BFO9/c1-16-11-21-22-8-5-18-12-20(32)9-10-27(18,2)29(22,31)24(33)13-23(21)28(16,36)25(34)15-40-26(35)39-14-17-3-6-19(7-4-17)30(37)38/h3-4,6-7,9-10,12,16,21-24,33,36-38H,5,8,11,13-15H2,1-2H3/t16-,21+,22+,23+,24+,27+,28-,29+/m1/s1. The summed E-state index contributed by atoms with van der Waals surface area (Å²) in [6, 6.07) is 6.01. The Morgan fingerprint density at radius 3 is 2.50 bits per heavy atom. The zero-order valence-corrected chi connectivity index (χ0v) is 22.5. The maximum absolute atomic E-state index is 17.1. The molecule has 1 aromatic rings. The fourth-order valence-electron chi connectivity index (χ4n) is 7.80. The number of ketones is 2. The van der Waals surface area contributed by atoms with Gasteiger partial charge in [0.25, 0.3) is 0 Å². The first kappa shape index (κ1) is 28.7. The number of aliphatic hydroxyl groups excluding tert-OH is 1. The topological polar surface area (TPSA) is 151 Å². The number of fused-ring (bicyclic) bond motifs is 5. The van der Waals surface area contributed by atoms with E-state index in [0.717, 1.165) is 0 Å². The Morgan fingerprint density at radius 2 is 1.82 bits per heavy atom. The highest BCUT2D eigenvalue weighted by molar-refractivity contribution is 6.58. The number of ether oxygens (including phenoxy) is 2. The first-order chi connectivity index (χ1) is 18.8. The number of allylic oxidation sites excluding steroid dienone is 4. The zero-order valence-electron chi connectivity index (χ0n) is 22.5. The Hall–Kier alpha value is -2.86. The van der Waals surface area contributed by atoms with Crippen molar-refractivity contribution in [2.75, 3.05) is 6.61 Å². The largest absolute Gasteiger partial charge is 0.509 e. The molecule has 4 aliphatic rings. The molecular weight excluding hydrogens is 522 g/mol. The molecule has 3 saturated carbocycles. The maximum Gasteiger partial charge on any atom is 0.509 e. The predicted octanol–water partition coefficient (Wildman–Crippen LogP) is 1.55. The van der Waals surface area contributed by atoms with Gasteiger partial charge in [0, 0.05) is 17.3 Å². The molecule has 0 aromatic heterocycles. The molecule has 1 aromatic carbocycles. The number of halogens is 1. The number of carbonyl (C=O) groups is 3. The molecule has 0 heterocycles. The van der Waals surface area contributed by atoms with Gasteiger partial charge in [0.05, 0.1) is 6.10 Å². The van der Waals surface area contributed by atoms with Crippen LogP contribution in [0.5, 0.6) is 0 Å². The number of Topliss-reactive ketones (excluding diaryl/α,β-unsaturated/α-hetero) is 1. The van der Waals surface area contributed by atoms with Crippen LogP contribution in [0.2, 0.25) is 0 Å². The van der Waals surface area contributed by atoms with Crippen LogP contribution in [0.15, 0.2) is 48.1 Å². The number of hydrogen-bond acceptors (Lipinski definition) is 9. The number of aliphatic hydroxyl groups is 2. The van der Waals surface area contributed by atoms with Crippen LogP contribution in [0, 0.1) is 29.1 Å². The van der Waals surface area contributed by atoms with Crippen LogP contribution < -0.4 is 5.46 Å². The van der Waals surface area contributed by atoms with Crippen molar-refractivity contribution in [1.29, 1.82) is 0 Å². The van der Waals surface area contributed by atoms with E-state index in [0.29, 0.717) is 30.4 Å². The summed E-state index contributed by atoms with van der Waals surface area (Å²) in [6.45, 7) is 2.50. The van der Waals surface area contributed by atoms with E-state index in [-0.39, 0.29) is 30.2 Å². The Kier molecular flexibility index (Phi) is 7.31. The molecule has 0 radical (unpaired) electrons. The normalized spacial score (nSPS) is 38.0. The van der Waals surface area contributed by atoms with Crippen molar-refractivity contribution in [1.82, 2.24) is 0 Å². The van der Waals surface area contributed by atoms with Gasteiger partial charge in [-0.05, 0) is 67.6 Å². The van der Waals surface area contributed by atoms with Gasteiger partial charge in [0.2, 0.25) is 5.78 Å². The summed E-state index contributed by atoms with van der Waals surface area (Å²) in [6.07, 6.45) is 2.86. The first-order valence-corrected chi connectivity index (χ1v) is 13.6. The summed E-state index contributed by atoms with van der Waals surface area (Å²) in [4.78, 5) is 37.5. The highest BCUT2D eigenvalue weighted by atomic mass is 19.1. The van der Waals surface area contributed by atoms with E-state index >= 15 is 4.39 Å². The molecule has 5 rings (SSSR count). The van der Waals surface area contributed by atoms with Crippen molar-refractivity contribution in [2.24, 2.45) is 29.1 Å². The minimum atomic E-state index is -2.06. The van der Waals surface area contributed by atoms with Crippen LogP contribution >= 0.6 is 0 Å². The molecule has 9 nitrogen and oxygen atoms in total. The zero-order chi connectivity index (χ0) is 29.0. The number of alkyl halides is 1. The van der Waals surface area contributed by atoms with Crippen molar-refractivity contribution in [3.63, 3.8) is 0 Å². The molecule has 0 bridgehead atoms. The fourth-order valence-corrected chi connectivity index (χ4v) is 7.80. The summed E-state index contributed by atoms with van der Waals surface area (Å²) in [5.41, 5.74) is -3.64. The Bertz CT molecular complexity index is 1260. The van der Waals surface area contributed by atoms with Gasteiger partial charge >= 0.3 is 13.3 Å². The van der Waals surface area contributed by atoms with E-state index in [1.165, 1.54) is 24.3 Å². The second-order valence-corrected chi connectivity index (χ2v) is 11.9. The minimum Gasteiger partial charge on any atom is -0.429 e. The Labute approximate surface area is 231 Å². The van der Waals surface area contributed by atoms with E-state index in [4.69, 9.17) is 19.5 Å². The highest BCUT2D eigenvalue weighted by Gasteiger charge is 2.71. The molecule has 0 amide bonds. The molecule has 0 saturated heterocycles. The van der Waals surface area contributed by atoms with E-state index in [9.17, 15) is 24.6 Å². The Morgan fingerprint density at radius 1 is 1.12 bits per heavy atom. The van der Waals surface area contributed by atoms with E-state index in [1.54, 1.807) is 32.1 Å². The second kappa shape index (κ2) is 10.2. The third-order valence-electron chi connectivity index (χ3n) is 9.97. The molecule has 40 heavy (non-hydrogen) atoms. The molecule has 11 heteroatoms. The molecule has 0 aliphatic heterocycles. The lowest BCUT2D eigenvalue weighted by atomic mass is 9.48. The molecule has 0 spiro atoms. The predicted molar refractivity (Wildman–Crippen MR) is 141 cm³/mol. The van der Waals surface area contributed by atoms with Crippen LogP contribution in [-0.2, 0) is 25.7 Å². The number of carbonyl (C=O) groups excluding carboxylic acids is 3. The summed E-state index contributed by atoms with van der Waals surface area (Å²) >= 11 is 0. The van der Waals surface area contributed by atoms with E-state index < -0.39 is 66.2 Å². The van der Waals surface area contributed by atoms with Gasteiger partial charge in [0.1, 0.15) is 12.2 Å². The van der Waals surface area contributed by atoms with E-state index in [2.05, 4.69) is 0 Å². The van der Waals surface area contributed by atoms with Crippen LogP contribution in [0.25, 0.3) is 0 Å². The lowest BCUT2D eigenvalue weighted by Gasteiger charge is -2.59.